The van der Waals surface area contributed by atoms with Gasteiger partial charge in [0.05, 0.1) is 29.4 Å². The zero-order valence-electron chi connectivity index (χ0n) is 18.6. The largest absolute Gasteiger partial charge is 0.496 e. The number of hydrogen-bond acceptors (Lipinski definition) is 5. The van der Waals surface area contributed by atoms with Gasteiger partial charge in [-0.1, -0.05) is 40.9 Å². The minimum absolute atomic E-state index is 0.274. The van der Waals surface area contributed by atoms with E-state index in [0.717, 1.165) is 25.9 Å². The summed E-state index contributed by atoms with van der Waals surface area (Å²) in [7, 11) is 1.47. The van der Waals surface area contributed by atoms with Gasteiger partial charge in [-0.25, -0.2) is 4.79 Å². The third-order valence-corrected chi connectivity index (χ3v) is 6.79. The van der Waals surface area contributed by atoms with E-state index in [1.807, 2.05) is 0 Å². The highest BCUT2D eigenvalue weighted by molar-refractivity contribution is 6.35. The molecular weight excluding hydrogens is 503 g/mol. The van der Waals surface area contributed by atoms with E-state index in [9.17, 15) is 14.7 Å². The van der Waals surface area contributed by atoms with Crippen molar-refractivity contribution in [1.29, 1.82) is 0 Å². The van der Waals surface area contributed by atoms with E-state index in [2.05, 4.69) is 15.5 Å². The van der Waals surface area contributed by atoms with Crippen LogP contribution in [0, 0.1) is 5.92 Å². The molecule has 184 valence electrons. The maximum absolute atomic E-state index is 12.7. The van der Waals surface area contributed by atoms with Gasteiger partial charge in [0.15, 0.2) is 0 Å². The number of methoxy groups -OCH3 is 1. The molecule has 2 aromatic rings. The monoisotopic (exact) mass is 528 g/mol. The van der Waals surface area contributed by atoms with Gasteiger partial charge >= 0.3 is 6.09 Å². The Balaban J connectivity index is 1.55. The molecule has 0 aromatic heterocycles. The SMILES string of the molecule is COc1cc(N)c(Cl)cc1C(=O)NCC1CCN(CC(NC(=O)O)c2ccc(Cl)cc2Cl)CC1. The summed E-state index contributed by atoms with van der Waals surface area (Å²) in [4.78, 5) is 26.2. The molecule has 34 heavy (non-hydrogen) atoms. The highest BCUT2D eigenvalue weighted by atomic mass is 35.5. The fraction of sp³-hybridized carbons (Fsp3) is 0.391. The van der Waals surface area contributed by atoms with Crippen molar-refractivity contribution in [1.82, 2.24) is 15.5 Å². The van der Waals surface area contributed by atoms with Crippen molar-refractivity contribution in [2.75, 3.05) is 39.0 Å². The van der Waals surface area contributed by atoms with E-state index in [0.29, 0.717) is 56.6 Å². The first kappa shape index (κ1) is 26.2. The molecule has 2 aromatic carbocycles. The van der Waals surface area contributed by atoms with Crippen LogP contribution in [0.3, 0.4) is 0 Å². The van der Waals surface area contributed by atoms with E-state index >= 15 is 0 Å². The Morgan fingerprint density at radius 3 is 2.50 bits per heavy atom. The Kier molecular flexibility index (Phi) is 9.13. The average Bonchev–Trinajstić information content (AvgIpc) is 2.79. The maximum Gasteiger partial charge on any atom is 0.405 e. The minimum atomic E-state index is -1.12. The number of nitrogens with zero attached hydrogens (tertiary/aromatic N) is 1. The van der Waals surface area contributed by atoms with Gasteiger partial charge in [-0.3, -0.25) is 4.79 Å². The topological polar surface area (TPSA) is 117 Å². The number of nitrogen functional groups attached to an aromatic ring is 1. The number of likely N-dealkylation sites (tertiary alicyclic amines) is 1. The zero-order valence-corrected chi connectivity index (χ0v) is 20.9. The summed E-state index contributed by atoms with van der Waals surface area (Å²) < 4.78 is 5.25. The fourth-order valence-corrected chi connectivity index (χ4v) is 4.74. The smallest absolute Gasteiger partial charge is 0.405 e. The quantitative estimate of drug-likeness (QED) is 0.369. The molecule has 1 saturated heterocycles. The first-order chi connectivity index (χ1) is 16.2. The lowest BCUT2D eigenvalue weighted by atomic mass is 9.95. The Hall–Kier alpha value is -2.39. The lowest BCUT2D eigenvalue weighted by Gasteiger charge is -2.34. The van der Waals surface area contributed by atoms with Gasteiger partial charge in [0.2, 0.25) is 0 Å². The van der Waals surface area contributed by atoms with Crippen LogP contribution in [0.4, 0.5) is 10.5 Å². The number of hydrogen-bond donors (Lipinski definition) is 4. The van der Waals surface area contributed by atoms with Gasteiger partial charge in [-0.15, -0.1) is 0 Å². The summed E-state index contributed by atoms with van der Waals surface area (Å²) in [6, 6.07) is 7.59. The summed E-state index contributed by atoms with van der Waals surface area (Å²) in [5, 5.41) is 16.0. The summed E-state index contributed by atoms with van der Waals surface area (Å²) in [6.45, 7) is 2.52. The molecule has 1 aliphatic rings. The van der Waals surface area contributed by atoms with Crippen LogP contribution in [-0.2, 0) is 0 Å². The fourth-order valence-electron chi connectivity index (χ4n) is 4.03. The van der Waals surface area contributed by atoms with E-state index in [1.54, 1.807) is 18.2 Å². The van der Waals surface area contributed by atoms with E-state index in [-0.39, 0.29) is 5.91 Å². The number of halogens is 3. The normalized spacial score (nSPS) is 15.5. The Bertz CT molecular complexity index is 1050. The molecule has 0 bridgehead atoms. The second kappa shape index (κ2) is 11.8. The molecule has 0 aliphatic carbocycles. The van der Waals surface area contributed by atoms with E-state index in [4.69, 9.17) is 45.3 Å². The highest BCUT2D eigenvalue weighted by Gasteiger charge is 2.25. The lowest BCUT2D eigenvalue weighted by Crippen LogP contribution is -2.43. The number of benzene rings is 2. The van der Waals surface area contributed by atoms with Crippen LogP contribution in [-0.4, -0.2) is 55.3 Å². The summed E-state index contributed by atoms with van der Waals surface area (Å²) >= 11 is 18.4. The number of amides is 2. The van der Waals surface area contributed by atoms with E-state index < -0.39 is 12.1 Å². The molecular formula is C23H27Cl3N4O4. The number of nitrogens with one attached hydrogen (secondary N) is 2. The summed E-state index contributed by atoms with van der Waals surface area (Å²) in [6.07, 6.45) is 0.592. The van der Waals surface area contributed by atoms with Crippen LogP contribution in [0.25, 0.3) is 0 Å². The van der Waals surface area contributed by atoms with Gasteiger partial charge in [-0.2, -0.15) is 0 Å². The van der Waals surface area contributed by atoms with Gasteiger partial charge < -0.3 is 31.1 Å². The van der Waals surface area contributed by atoms with Gasteiger partial charge in [0.1, 0.15) is 5.75 Å². The van der Waals surface area contributed by atoms with Gasteiger partial charge in [0.25, 0.3) is 5.91 Å². The van der Waals surface area contributed by atoms with Crippen LogP contribution in [0.2, 0.25) is 15.1 Å². The molecule has 1 atom stereocenters. The molecule has 5 N–H and O–H groups in total. The summed E-state index contributed by atoms with van der Waals surface area (Å²) in [5.74, 6) is 0.386. The molecule has 0 radical (unpaired) electrons. The highest BCUT2D eigenvalue weighted by Crippen LogP contribution is 2.30. The molecule has 1 unspecified atom stereocenters. The van der Waals surface area contributed by atoms with Crippen molar-refractivity contribution < 1.29 is 19.4 Å². The number of ether oxygens (including phenoxy) is 1. The Labute approximate surface area is 213 Å². The van der Waals surface area contributed by atoms with Crippen molar-refractivity contribution in [2.45, 2.75) is 18.9 Å². The number of carbonyl (C=O) groups excluding carboxylic acids is 1. The average molecular weight is 530 g/mol. The number of carboxylic acid groups (broad SMARTS) is 1. The molecule has 1 heterocycles. The maximum atomic E-state index is 12.7. The first-order valence-electron chi connectivity index (χ1n) is 10.8. The van der Waals surface area contributed by atoms with Crippen molar-refractivity contribution in [3.63, 3.8) is 0 Å². The number of piperidine rings is 1. The van der Waals surface area contributed by atoms with E-state index in [1.165, 1.54) is 19.2 Å². The lowest BCUT2D eigenvalue weighted by molar-refractivity contribution is 0.0932. The molecule has 0 spiro atoms. The standard InChI is InChI=1S/C23H27Cl3N4O4/c1-34-21-10-19(27)18(26)9-16(21)22(31)28-11-13-4-6-30(7-5-13)12-20(29-23(32)33)15-3-2-14(24)8-17(15)25/h2-3,8-10,13,20,29H,4-7,11-12,27H2,1H3,(H,28,31)(H,32,33). The third kappa shape index (κ3) is 6.82. The molecule has 11 heteroatoms. The van der Waals surface area contributed by atoms with Crippen LogP contribution in [0.5, 0.6) is 5.75 Å². The van der Waals surface area contributed by atoms with Crippen molar-refractivity contribution in [3.05, 3.63) is 56.5 Å². The number of anilines is 1. The van der Waals surface area contributed by atoms with Gasteiger partial charge in [0, 0.05) is 29.2 Å². The van der Waals surface area contributed by atoms with Crippen LogP contribution >= 0.6 is 34.8 Å². The molecule has 3 rings (SSSR count). The van der Waals surface area contributed by atoms with Crippen LogP contribution < -0.4 is 21.1 Å². The number of carbonyl (C=O) groups is 2. The summed E-state index contributed by atoms with van der Waals surface area (Å²) in [5.41, 5.74) is 7.14. The number of rotatable bonds is 8. The van der Waals surface area contributed by atoms with Crippen LogP contribution in [0.15, 0.2) is 30.3 Å². The predicted octanol–water partition coefficient (Wildman–Crippen LogP) is 4.69. The molecule has 2 amide bonds. The van der Waals surface area contributed by atoms with Gasteiger partial charge in [-0.05, 0) is 55.6 Å². The predicted molar refractivity (Wildman–Crippen MR) is 134 cm³/mol. The Morgan fingerprint density at radius 1 is 1.18 bits per heavy atom. The van der Waals surface area contributed by atoms with Crippen molar-refractivity contribution in [3.8, 4) is 5.75 Å². The molecule has 8 nitrogen and oxygen atoms in total. The number of nitrogens with two attached hydrogens (primary N) is 1. The molecule has 0 saturated carbocycles. The first-order valence-corrected chi connectivity index (χ1v) is 11.9. The second-order valence-electron chi connectivity index (χ2n) is 8.20. The zero-order chi connectivity index (χ0) is 24.8. The minimum Gasteiger partial charge on any atom is -0.496 e. The Morgan fingerprint density at radius 2 is 1.88 bits per heavy atom. The molecule has 1 fully saturated rings. The molecule has 1 aliphatic heterocycles. The van der Waals surface area contributed by atoms with Crippen molar-refractivity contribution >= 4 is 52.5 Å². The van der Waals surface area contributed by atoms with Crippen molar-refractivity contribution in [2.24, 2.45) is 5.92 Å². The van der Waals surface area contributed by atoms with Crippen LogP contribution in [0.1, 0.15) is 34.8 Å². The second-order valence-corrected chi connectivity index (χ2v) is 9.45. The third-order valence-electron chi connectivity index (χ3n) is 5.90.